The van der Waals surface area contributed by atoms with Crippen molar-refractivity contribution in [3.8, 4) is 0 Å². The molecule has 1 aromatic carbocycles. The first-order valence-electron chi connectivity index (χ1n) is 12.0. The van der Waals surface area contributed by atoms with E-state index in [-0.39, 0.29) is 6.10 Å². The molecular formula is C28H33NO. The van der Waals surface area contributed by atoms with Crippen LogP contribution in [0.3, 0.4) is 0 Å². The fourth-order valence-electron chi connectivity index (χ4n) is 7.56. The molecule has 2 nitrogen and oxygen atoms in total. The Kier molecular flexibility index (Phi) is 4.42. The number of aliphatic hydroxyl groups is 1. The molecule has 0 spiro atoms. The predicted molar refractivity (Wildman–Crippen MR) is 122 cm³/mol. The van der Waals surface area contributed by atoms with Crippen molar-refractivity contribution < 1.29 is 5.11 Å². The number of nitrogens with zero attached hydrogens (tertiary/aromatic N) is 1. The molecule has 6 rings (SSSR count). The second-order valence-electron chi connectivity index (χ2n) is 10.7. The first kappa shape index (κ1) is 18.8. The third kappa shape index (κ3) is 2.91. The van der Waals surface area contributed by atoms with Crippen LogP contribution in [0.25, 0.3) is 10.8 Å². The molecule has 1 heterocycles. The number of hydrogen-bond acceptors (Lipinski definition) is 2. The Morgan fingerprint density at radius 3 is 2.83 bits per heavy atom. The van der Waals surface area contributed by atoms with E-state index in [1.54, 1.807) is 11.1 Å². The Hall–Kier alpha value is -1.93. The van der Waals surface area contributed by atoms with Gasteiger partial charge in [0.15, 0.2) is 0 Å². The van der Waals surface area contributed by atoms with Crippen molar-refractivity contribution in [3.05, 3.63) is 65.5 Å². The summed E-state index contributed by atoms with van der Waals surface area (Å²) in [5.41, 5.74) is 5.02. The van der Waals surface area contributed by atoms with Crippen LogP contribution in [-0.4, -0.2) is 16.2 Å². The van der Waals surface area contributed by atoms with Crippen LogP contribution in [0.5, 0.6) is 0 Å². The molecule has 30 heavy (non-hydrogen) atoms. The molecule has 0 bridgehead atoms. The number of hydrogen-bond donors (Lipinski definition) is 1. The second kappa shape index (κ2) is 7.05. The first-order valence-corrected chi connectivity index (χ1v) is 12.0. The van der Waals surface area contributed by atoms with Gasteiger partial charge in [-0.15, -0.1) is 0 Å². The summed E-state index contributed by atoms with van der Waals surface area (Å²) < 4.78 is 0. The minimum absolute atomic E-state index is 0.114. The molecule has 0 aliphatic heterocycles. The fraction of sp³-hybridized carbons (Fsp3) is 0.536. The summed E-state index contributed by atoms with van der Waals surface area (Å²) in [6.07, 6.45) is 18.5. The van der Waals surface area contributed by atoms with E-state index >= 15 is 0 Å². The van der Waals surface area contributed by atoms with E-state index in [9.17, 15) is 5.11 Å². The van der Waals surface area contributed by atoms with Gasteiger partial charge in [-0.2, -0.15) is 0 Å². The van der Waals surface area contributed by atoms with Crippen LogP contribution in [0.4, 0.5) is 0 Å². The molecule has 2 saturated carbocycles. The summed E-state index contributed by atoms with van der Waals surface area (Å²) in [4.78, 5) is 4.35. The molecule has 0 saturated heterocycles. The van der Waals surface area contributed by atoms with Crippen LogP contribution < -0.4 is 0 Å². The molecule has 0 amide bonds. The van der Waals surface area contributed by atoms with Crippen molar-refractivity contribution in [3.63, 3.8) is 0 Å². The fourth-order valence-corrected chi connectivity index (χ4v) is 7.56. The van der Waals surface area contributed by atoms with Crippen molar-refractivity contribution in [2.24, 2.45) is 23.2 Å². The Balaban J connectivity index is 1.33. The highest BCUT2D eigenvalue weighted by atomic mass is 16.3. The van der Waals surface area contributed by atoms with Gasteiger partial charge in [-0.1, -0.05) is 36.8 Å². The van der Waals surface area contributed by atoms with Crippen molar-refractivity contribution in [1.29, 1.82) is 0 Å². The maximum absolute atomic E-state index is 10.2. The van der Waals surface area contributed by atoms with Crippen molar-refractivity contribution in [2.75, 3.05) is 0 Å². The molecule has 1 N–H and O–H groups in total. The number of benzene rings is 1. The van der Waals surface area contributed by atoms with E-state index in [4.69, 9.17) is 0 Å². The number of allylic oxidation sites excluding steroid dienone is 3. The highest BCUT2D eigenvalue weighted by molar-refractivity contribution is 5.82. The average Bonchev–Trinajstić information content (AvgIpc) is 3.00. The third-order valence-electron chi connectivity index (χ3n) is 9.19. The number of fused-ring (bicyclic) bond motifs is 5. The number of pyridine rings is 1. The summed E-state index contributed by atoms with van der Waals surface area (Å²) in [5, 5.41) is 12.8. The minimum atomic E-state index is -0.114. The SMILES string of the molecule is C[C@]12CC=C3C=C4C[C@H](O)CCC4CCC3C1CC[C@@H]2c1ccc2ccncc2c1. The smallest absolute Gasteiger partial charge is 0.0577 e. The molecule has 4 aliphatic rings. The molecular weight excluding hydrogens is 366 g/mol. The number of rotatable bonds is 1. The van der Waals surface area contributed by atoms with Crippen LogP contribution in [0, 0.1) is 23.2 Å². The average molecular weight is 400 g/mol. The molecule has 4 aliphatic carbocycles. The number of aliphatic hydroxyl groups excluding tert-OH is 1. The highest BCUT2D eigenvalue weighted by Crippen LogP contribution is 2.62. The van der Waals surface area contributed by atoms with Crippen molar-refractivity contribution in [2.45, 2.75) is 70.3 Å². The van der Waals surface area contributed by atoms with Gasteiger partial charge in [-0.3, -0.25) is 4.98 Å². The van der Waals surface area contributed by atoms with E-state index in [1.807, 2.05) is 12.4 Å². The standard InChI is InChI=1S/C28H33NO/c1-28-12-10-20-14-22-16-24(30)6-4-18(22)5-7-25(20)27(28)9-8-26(28)21-3-2-19-11-13-29-17-23(19)15-21/h2-3,10-11,13-15,17-18,24-27,30H,4-9,12,16H2,1H3/t18?,24-,25?,26-,27?,28-/m1/s1. The van der Waals surface area contributed by atoms with E-state index in [0.29, 0.717) is 17.3 Å². The van der Waals surface area contributed by atoms with Gasteiger partial charge >= 0.3 is 0 Å². The van der Waals surface area contributed by atoms with Gasteiger partial charge in [-0.25, -0.2) is 0 Å². The summed E-state index contributed by atoms with van der Waals surface area (Å²) in [6.45, 7) is 2.57. The lowest BCUT2D eigenvalue weighted by Gasteiger charge is -2.44. The van der Waals surface area contributed by atoms with Crippen LogP contribution in [0.15, 0.2) is 60.0 Å². The molecule has 156 valence electrons. The molecule has 2 aromatic rings. The lowest BCUT2D eigenvalue weighted by atomic mass is 9.60. The van der Waals surface area contributed by atoms with Crippen LogP contribution in [-0.2, 0) is 0 Å². The molecule has 2 fully saturated rings. The minimum Gasteiger partial charge on any atom is -0.393 e. The van der Waals surface area contributed by atoms with E-state index in [1.165, 1.54) is 54.9 Å². The van der Waals surface area contributed by atoms with Crippen LogP contribution >= 0.6 is 0 Å². The van der Waals surface area contributed by atoms with E-state index in [0.717, 1.165) is 24.7 Å². The van der Waals surface area contributed by atoms with Gasteiger partial charge < -0.3 is 5.11 Å². The van der Waals surface area contributed by atoms with E-state index < -0.39 is 0 Å². The van der Waals surface area contributed by atoms with E-state index in [2.05, 4.69) is 48.3 Å². The van der Waals surface area contributed by atoms with Crippen LogP contribution in [0.2, 0.25) is 0 Å². The highest BCUT2D eigenvalue weighted by Gasteiger charge is 2.52. The maximum Gasteiger partial charge on any atom is 0.0577 e. The quantitative estimate of drug-likeness (QED) is 0.589. The Labute approximate surface area is 180 Å². The zero-order valence-electron chi connectivity index (χ0n) is 18.1. The van der Waals surface area contributed by atoms with Gasteiger partial charge in [-0.05, 0) is 109 Å². The maximum atomic E-state index is 10.2. The summed E-state index contributed by atoms with van der Waals surface area (Å²) >= 11 is 0. The lowest BCUT2D eigenvalue weighted by molar-refractivity contribution is 0.125. The summed E-state index contributed by atoms with van der Waals surface area (Å²) in [5.74, 6) is 2.86. The van der Waals surface area contributed by atoms with Gasteiger partial charge in [0.1, 0.15) is 0 Å². The Morgan fingerprint density at radius 2 is 1.90 bits per heavy atom. The lowest BCUT2D eigenvalue weighted by Crippen LogP contribution is -2.35. The zero-order chi connectivity index (χ0) is 20.3. The largest absolute Gasteiger partial charge is 0.393 e. The second-order valence-corrected chi connectivity index (χ2v) is 10.7. The molecule has 1 aromatic heterocycles. The van der Waals surface area contributed by atoms with Crippen LogP contribution in [0.1, 0.15) is 69.8 Å². The monoisotopic (exact) mass is 399 g/mol. The van der Waals surface area contributed by atoms with Gasteiger partial charge in [0.05, 0.1) is 6.10 Å². The molecule has 2 heteroatoms. The predicted octanol–water partition coefficient (Wildman–Crippen LogP) is 6.56. The molecule has 0 radical (unpaired) electrons. The molecule has 3 unspecified atom stereocenters. The zero-order valence-corrected chi connectivity index (χ0v) is 18.1. The topological polar surface area (TPSA) is 33.1 Å². The Bertz CT molecular complexity index is 1040. The van der Waals surface area contributed by atoms with Gasteiger partial charge in [0, 0.05) is 17.8 Å². The van der Waals surface area contributed by atoms with Gasteiger partial charge in [0.2, 0.25) is 0 Å². The Morgan fingerprint density at radius 1 is 1.00 bits per heavy atom. The summed E-state index contributed by atoms with van der Waals surface area (Å²) in [7, 11) is 0. The van der Waals surface area contributed by atoms with Gasteiger partial charge in [0.25, 0.3) is 0 Å². The normalized spacial score (nSPS) is 38.1. The first-order chi connectivity index (χ1) is 14.6. The molecule has 6 atom stereocenters. The summed E-state index contributed by atoms with van der Waals surface area (Å²) in [6, 6.07) is 9.19. The third-order valence-corrected chi connectivity index (χ3v) is 9.19. The van der Waals surface area contributed by atoms with Crippen molar-refractivity contribution >= 4 is 10.8 Å². The van der Waals surface area contributed by atoms with Crippen molar-refractivity contribution in [1.82, 2.24) is 4.98 Å². The number of aromatic nitrogens is 1.